The predicted molar refractivity (Wildman–Crippen MR) is 67.2 cm³/mol. The molecule has 92 valence electrons. The third-order valence-corrected chi connectivity index (χ3v) is 2.82. The molecule has 2 heteroatoms. The zero-order chi connectivity index (χ0) is 11.7. The molecule has 0 rings (SSSR count). The monoisotopic (exact) mass is 215 g/mol. The summed E-state index contributed by atoms with van der Waals surface area (Å²) in [6, 6.07) is 0. The summed E-state index contributed by atoms with van der Waals surface area (Å²) in [4.78, 5) is 0. The SMILES string of the molecule is CCCOCCC(CNCC)C(C)(C)C. The third-order valence-electron chi connectivity index (χ3n) is 2.82. The van der Waals surface area contributed by atoms with Gasteiger partial charge in [-0.15, -0.1) is 0 Å². The fraction of sp³-hybridized carbons (Fsp3) is 1.00. The Morgan fingerprint density at radius 1 is 1.13 bits per heavy atom. The van der Waals surface area contributed by atoms with Crippen LogP contribution in [-0.4, -0.2) is 26.3 Å². The minimum Gasteiger partial charge on any atom is -0.381 e. The van der Waals surface area contributed by atoms with E-state index >= 15 is 0 Å². The summed E-state index contributed by atoms with van der Waals surface area (Å²) in [5.74, 6) is 0.703. The second-order valence-electron chi connectivity index (χ2n) is 5.27. The molecule has 0 fully saturated rings. The minimum absolute atomic E-state index is 0.373. The summed E-state index contributed by atoms with van der Waals surface area (Å²) in [5, 5.41) is 3.44. The molecule has 0 bridgehead atoms. The Morgan fingerprint density at radius 2 is 1.80 bits per heavy atom. The highest BCUT2D eigenvalue weighted by atomic mass is 16.5. The van der Waals surface area contributed by atoms with Crippen molar-refractivity contribution in [3.8, 4) is 0 Å². The molecule has 0 radical (unpaired) electrons. The molecule has 0 aromatic rings. The number of rotatable bonds is 8. The molecule has 1 unspecified atom stereocenters. The van der Waals surface area contributed by atoms with Crippen molar-refractivity contribution < 1.29 is 4.74 Å². The highest BCUT2D eigenvalue weighted by Gasteiger charge is 2.23. The molecule has 0 spiro atoms. The van der Waals surface area contributed by atoms with E-state index in [1.165, 1.54) is 0 Å². The van der Waals surface area contributed by atoms with Crippen LogP contribution in [0, 0.1) is 11.3 Å². The predicted octanol–water partition coefficient (Wildman–Crippen LogP) is 3.07. The van der Waals surface area contributed by atoms with Gasteiger partial charge >= 0.3 is 0 Å². The van der Waals surface area contributed by atoms with Crippen LogP contribution in [0.4, 0.5) is 0 Å². The van der Waals surface area contributed by atoms with Crippen LogP contribution in [0.3, 0.4) is 0 Å². The molecular formula is C13H29NO. The second kappa shape index (κ2) is 8.12. The standard InChI is InChI=1S/C13H29NO/c1-6-9-15-10-8-12(11-14-7-2)13(3,4)5/h12,14H,6-11H2,1-5H3. The van der Waals surface area contributed by atoms with E-state index in [4.69, 9.17) is 4.74 Å². The molecule has 15 heavy (non-hydrogen) atoms. The first-order valence-electron chi connectivity index (χ1n) is 6.30. The van der Waals surface area contributed by atoms with E-state index in [1.807, 2.05) is 0 Å². The van der Waals surface area contributed by atoms with E-state index in [0.717, 1.165) is 39.1 Å². The lowest BCUT2D eigenvalue weighted by Gasteiger charge is -2.31. The summed E-state index contributed by atoms with van der Waals surface area (Å²) in [6.07, 6.45) is 2.28. The Bertz CT molecular complexity index is 140. The van der Waals surface area contributed by atoms with Crippen molar-refractivity contribution in [1.29, 1.82) is 0 Å². The van der Waals surface area contributed by atoms with E-state index < -0.39 is 0 Å². The molecule has 0 aliphatic heterocycles. The summed E-state index contributed by atoms with van der Waals surface area (Å²) in [7, 11) is 0. The fourth-order valence-corrected chi connectivity index (χ4v) is 1.63. The second-order valence-corrected chi connectivity index (χ2v) is 5.27. The molecule has 2 nitrogen and oxygen atoms in total. The molecule has 1 N–H and O–H groups in total. The fourth-order valence-electron chi connectivity index (χ4n) is 1.63. The molecule has 0 aromatic carbocycles. The number of nitrogens with one attached hydrogen (secondary N) is 1. The van der Waals surface area contributed by atoms with Gasteiger partial charge in [-0.05, 0) is 37.3 Å². The van der Waals surface area contributed by atoms with E-state index in [9.17, 15) is 0 Å². The lowest BCUT2D eigenvalue weighted by Crippen LogP contribution is -2.32. The van der Waals surface area contributed by atoms with Gasteiger partial charge in [0, 0.05) is 13.2 Å². The molecule has 1 atom stereocenters. The van der Waals surface area contributed by atoms with Crippen LogP contribution >= 0.6 is 0 Å². The highest BCUT2D eigenvalue weighted by Crippen LogP contribution is 2.28. The van der Waals surface area contributed by atoms with Crippen molar-refractivity contribution in [2.75, 3.05) is 26.3 Å². The average Bonchev–Trinajstić information content (AvgIpc) is 2.15. The number of hydrogen-bond acceptors (Lipinski definition) is 2. The third kappa shape index (κ3) is 7.80. The molecular weight excluding hydrogens is 186 g/mol. The summed E-state index contributed by atoms with van der Waals surface area (Å²) in [5.41, 5.74) is 0.373. The van der Waals surface area contributed by atoms with Crippen molar-refractivity contribution in [1.82, 2.24) is 5.32 Å². The van der Waals surface area contributed by atoms with Crippen molar-refractivity contribution in [3.05, 3.63) is 0 Å². The van der Waals surface area contributed by atoms with Crippen LogP contribution in [0.15, 0.2) is 0 Å². The van der Waals surface area contributed by atoms with Gasteiger partial charge in [0.05, 0.1) is 0 Å². The normalized spacial score (nSPS) is 14.2. The lowest BCUT2D eigenvalue weighted by molar-refractivity contribution is 0.0970. The number of ether oxygens (including phenoxy) is 1. The zero-order valence-corrected chi connectivity index (χ0v) is 11.2. The Hall–Kier alpha value is -0.0800. The largest absolute Gasteiger partial charge is 0.381 e. The van der Waals surface area contributed by atoms with Crippen molar-refractivity contribution >= 4 is 0 Å². The maximum absolute atomic E-state index is 5.56. The quantitative estimate of drug-likeness (QED) is 0.628. The van der Waals surface area contributed by atoms with Gasteiger partial charge in [-0.1, -0.05) is 34.6 Å². The smallest absolute Gasteiger partial charge is 0.0469 e. The Morgan fingerprint density at radius 3 is 2.27 bits per heavy atom. The molecule has 0 heterocycles. The van der Waals surface area contributed by atoms with Crippen LogP contribution in [0.1, 0.15) is 47.5 Å². The van der Waals surface area contributed by atoms with Crippen LogP contribution in [0.5, 0.6) is 0 Å². The van der Waals surface area contributed by atoms with Crippen LogP contribution in [0.2, 0.25) is 0 Å². The average molecular weight is 215 g/mol. The number of hydrogen-bond donors (Lipinski definition) is 1. The maximum atomic E-state index is 5.56. The summed E-state index contributed by atoms with van der Waals surface area (Å²) >= 11 is 0. The first kappa shape index (κ1) is 14.9. The minimum atomic E-state index is 0.373. The van der Waals surface area contributed by atoms with Gasteiger partial charge in [0.15, 0.2) is 0 Å². The van der Waals surface area contributed by atoms with Gasteiger partial charge in [-0.3, -0.25) is 0 Å². The Labute approximate surface area is 95.8 Å². The van der Waals surface area contributed by atoms with Gasteiger partial charge < -0.3 is 10.1 Å². The van der Waals surface area contributed by atoms with Gasteiger partial charge in [0.1, 0.15) is 0 Å². The van der Waals surface area contributed by atoms with Gasteiger partial charge in [0.2, 0.25) is 0 Å². The summed E-state index contributed by atoms with van der Waals surface area (Å²) in [6.45, 7) is 15.2. The van der Waals surface area contributed by atoms with E-state index in [-0.39, 0.29) is 0 Å². The maximum Gasteiger partial charge on any atom is 0.0469 e. The Balaban J connectivity index is 3.81. The van der Waals surface area contributed by atoms with Crippen molar-refractivity contribution in [3.63, 3.8) is 0 Å². The van der Waals surface area contributed by atoms with Crippen LogP contribution < -0.4 is 5.32 Å². The van der Waals surface area contributed by atoms with Gasteiger partial charge in [-0.2, -0.15) is 0 Å². The van der Waals surface area contributed by atoms with Gasteiger partial charge in [0.25, 0.3) is 0 Å². The molecule has 0 aliphatic carbocycles. The topological polar surface area (TPSA) is 21.3 Å². The molecule has 0 saturated carbocycles. The van der Waals surface area contributed by atoms with Crippen molar-refractivity contribution in [2.45, 2.75) is 47.5 Å². The van der Waals surface area contributed by atoms with E-state index in [0.29, 0.717) is 11.3 Å². The molecule has 0 aliphatic rings. The van der Waals surface area contributed by atoms with E-state index in [2.05, 4.69) is 39.9 Å². The molecule has 0 amide bonds. The summed E-state index contributed by atoms with van der Waals surface area (Å²) < 4.78 is 5.56. The Kier molecular flexibility index (Phi) is 8.07. The van der Waals surface area contributed by atoms with Crippen molar-refractivity contribution in [2.24, 2.45) is 11.3 Å². The zero-order valence-electron chi connectivity index (χ0n) is 11.2. The van der Waals surface area contributed by atoms with Crippen LogP contribution in [0.25, 0.3) is 0 Å². The first-order valence-corrected chi connectivity index (χ1v) is 6.30. The highest BCUT2D eigenvalue weighted by molar-refractivity contribution is 4.75. The first-order chi connectivity index (χ1) is 7.02. The van der Waals surface area contributed by atoms with Crippen LogP contribution in [-0.2, 0) is 4.74 Å². The molecule has 0 aromatic heterocycles. The van der Waals surface area contributed by atoms with E-state index in [1.54, 1.807) is 0 Å². The molecule has 0 saturated heterocycles. The van der Waals surface area contributed by atoms with Gasteiger partial charge in [-0.25, -0.2) is 0 Å². The lowest BCUT2D eigenvalue weighted by atomic mass is 9.79.